The Morgan fingerprint density at radius 2 is 2.07 bits per heavy atom. The number of hydrogen-bond donors (Lipinski definition) is 1. The van der Waals surface area contributed by atoms with Gasteiger partial charge in [-0.15, -0.1) is 0 Å². The fourth-order valence-corrected chi connectivity index (χ4v) is 1.44. The summed E-state index contributed by atoms with van der Waals surface area (Å²) in [6, 6.07) is 3.51. The number of carbonyl (C=O) groups is 1. The van der Waals surface area contributed by atoms with Gasteiger partial charge in [-0.1, -0.05) is 0 Å². The second kappa shape index (κ2) is 3.53. The molecule has 0 aromatic carbocycles. The summed E-state index contributed by atoms with van der Waals surface area (Å²) in [6.07, 6.45) is 4.72. The number of carboxylic acids is 1. The number of imidazole rings is 1. The van der Waals surface area contributed by atoms with Crippen molar-refractivity contribution in [1.29, 1.82) is 0 Å². The van der Waals surface area contributed by atoms with Crippen LogP contribution in [0.5, 0.6) is 0 Å². The molecule has 0 aliphatic heterocycles. The highest BCUT2D eigenvalue weighted by molar-refractivity contribution is 5.92. The molecular formula is C10H9N3O2. The lowest BCUT2D eigenvalue weighted by Crippen LogP contribution is -2.01. The normalized spacial score (nSPS) is 10.2. The third-order valence-electron chi connectivity index (χ3n) is 2.09. The number of nitrogens with zero attached hydrogens (tertiary/aromatic N) is 3. The molecule has 15 heavy (non-hydrogen) atoms. The Balaban J connectivity index is 2.62. The molecule has 1 N–H and O–H groups in total. The van der Waals surface area contributed by atoms with E-state index in [0.717, 1.165) is 5.56 Å². The van der Waals surface area contributed by atoms with Crippen molar-refractivity contribution >= 4 is 5.97 Å². The fraction of sp³-hybridized carbons (Fsp3) is 0.100. The first-order valence-corrected chi connectivity index (χ1v) is 4.35. The Bertz CT molecular complexity index is 491. The van der Waals surface area contributed by atoms with E-state index >= 15 is 0 Å². The van der Waals surface area contributed by atoms with Gasteiger partial charge in [-0.05, 0) is 12.1 Å². The molecule has 2 heterocycles. The average Bonchev–Trinajstić information content (AvgIpc) is 2.61. The molecule has 2 aromatic heterocycles. The molecule has 5 heteroatoms. The smallest absolute Gasteiger partial charge is 0.356 e. The van der Waals surface area contributed by atoms with Crippen molar-refractivity contribution in [2.75, 3.05) is 0 Å². The maximum absolute atomic E-state index is 10.9. The van der Waals surface area contributed by atoms with Gasteiger partial charge >= 0.3 is 5.97 Å². The molecule has 76 valence electrons. The summed E-state index contributed by atoms with van der Waals surface area (Å²) in [6.45, 7) is 0. The van der Waals surface area contributed by atoms with Crippen LogP contribution in [0.2, 0.25) is 0 Å². The molecule has 0 radical (unpaired) electrons. The Morgan fingerprint density at radius 1 is 1.40 bits per heavy atom. The molecule has 0 amide bonds. The standard InChI is InChI=1S/C10H9N3O2/c1-13-6-12-8(10(14)15)9(13)7-2-4-11-5-3-7/h2-6H,1H3,(H,14,15). The molecule has 0 aliphatic rings. The summed E-state index contributed by atoms with van der Waals surface area (Å²) in [5, 5.41) is 8.95. The van der Waals surface area contributed by atoms with Gasteiger partial charge in [0.05, 0.1) is 12.0 Å². The first-order chi connectivity index (χ1) is 7.20. The summed E-state index contributed by atoms with van der Waals surface area (Å²) < 4.78 is 1.68. The van der Waals surface area contributed by atoms with Crippen LogP contribution in [0.4, 0.5) is 0 Å². The Hall–Kier alpha value is -2.17. The van der Waals surface area contributed by atoms with Crippen LogP contribution in [0.3, 0.4) is 0 Å². The van der Waals surface area contributed by atoms with Crippen LogP contribution in [0.15, 0.2) is 30.9 Å². The SMILES string of the molecule is Cn1cnc(C(=O)O)c1-c1ccncc1. The van der Waals surface area contributed by atoms with Gasteiger partial charge in [0.1, 0.15) is 0 Å². The van der Waals surface area contributed by atoms with E-state index in [1.165, 1.54) is 6.33 Å². The lowest BCUT2D eigenvalue weighted by Gasteiger charge is -2.02. The van der Waals surface area contributed by atoms with Crippen LogP contribution in [-0.2, 0) is 7.05 Å². The van der Waals surface area contributed by atoms with Gasteiger partial charge in [-0.2, -0.15) is 0 Å². The third kappa shape index (κ3) is 1.59. The van der Waals surface area contributed by atoms with Crippen molar-refractivity contribution in [2.45, 2.75) is 0 Å². The number of aryl methyl sites for hydroxylation is 1. The van der Waals surface area contributed by atoms with Crippen LogP contribution in [0, 0.1) is 0 Å². The predicted octanol–water partition coefficient (Wildman–Crippen LogP) is 1.18. The molecule has 0 aliphatic carbocycles. The summed E-state index contributed by atoms with van der Waals surface area (Å²) in [5.41, 5.74) is 1.44. The highest BCUT2D eigenvalue weighted by Gasteiger charge is 2.16. The molecule has 0 unspecified atom stereocenters. The second-order valence-corrected chi connectivity index (χ2v) is 3.09. The van der Waals surface area contributed by atoms with Crippen molar-refractivity contribution in [3.05, 3.63) is 36.5 Å². The number of aromatic carboxylic acids is 1. The van der Waals surface area contributed by atoms with Crippen LogP contribution in [-0.4, -0.2) is 25.6 Å². The van der Waals surface area contributed by atoms with Crippen molar-refractivity contribution in [3.8, 4) is 11.3 Å². The molecule has 0 bridgehead atoms. The summed E-state index contributed by atoms with van der Waals surface area (Å²) >= 11 is 0. The van der Waals surface area contributed by atoms with Gasteiger partial charge in [0.25, 0.3) is 0 Å². The summed E-state index contributed by atoms with van der Waals surface area (Å²) in [7, 11) is 1.76. The molecule has 0 saturated carbocycles. The zero-order valence-electron chi connectivity index (χ0n) is 8.08. The Labute approximate surface area is 86.0 Å². The van der Waals surface area contributed by atoms with Crippen molar-refractivity contribution < 1.29 is 9.90 Å². The monoisotopic (exact) mass is 203 g/mol. The van der Waals surface area contributed by atoms with E-state index < -0.39 is 5.97 Å². The van der Waals surface area contributed by atoms with Crippen molar-refractivity contribution in [3.63, 3.8) is 0 Å². The van der Waals surface area contributed by atoms with Crippen LogP contribution >= 0.6 is 0 Å². The molecule has 0 saturated heterocycles. The molecule has 0 fully saturated rings. The van der Waals surface area contributed by atoms with E-state index in [4.69, 9.17) is 5.11 Å². The predicted molar refractivity (Wildman–Crippen MR) is 53.4 cm³/mol. The minimum atomic E-state index is -1.03. The Morgan fingerprint density at radius 3 is 2.67 bits per heavy atom. The molecule has 2 aromatic rings. The van der Waals surface area contributed by atoms with Crippen LogP contribution in [0.25, 0.3) is 11.3 Å². The Kier molecular flexibility index (Phi) is 2.21. The van der Waals surface area contributed by atoms with Gasteiger partial charge in [0.2, 0.25) is 0 Å². The summed E-state index contributed by atoms with van der Waals surface area (Å²) in [5.74, 6) is -1.03. The third-order valence-corrected chi connectivity index (χ3v) is 2.09. The summed E-state index contributed by atoms with van der Waals surface area (Å²) in [4.78, 5) is 18.6. The molecule has 0 atom stereocenters. The quantitative estimate of drug-likeness (QED) is 0.795. The number of rotatable bonds is 2. The largest absolute Gasteiger partial charge is 0.476 e. The van der Waals surface area contributed by atoms with Gasteiger partial charge in [-0.25, -0.2) is 9.78 Å². The molecular weight excluding hydrogens is 194 g/mol. The minimum absolute atomic E-state index is 0.0590. The highest BCUT2D eigenvalue weighted by atomic mass is 16.4. The van der Waals surface area contributed by atoms with E-state index in [2.05, 4.69) is 9.97 Å². The zero-order chi connectivity index (χ0) is 10.8. The maximum atomic E-state index is 10.9. The highest BCUT2D eigenvalue weighted by Crippen LogP contribution is 2.21. The lowest BCUT2D eigenvalue weighted by atomic mass is 10.1. The van der Waals surface area contributed by atoms with E-state index in [1.807, 2.05) is 0 Å². The number of aromatic nitrogens is 3. The molecule has 2 rings (SSSR count). The maximum Gasteiger partial charge on any atom is 0.356 e. The van der Waals surface area contributed by atoms with Gasteiger partial charge < -0.3 is 9.67 Å². The number of hydrogen-bond acceptors (Lipinski definition) is 3. The molecule has 5 nitrogen and oxygen atoms in total. The first kappa shape index (κ1) is 9.39. The van der Waals surface area contributed by atoms with E-state index in [9.17, 15) is 4.79 Å². The van der Waals surface area contributed by atoms with E-state index in [-0.39, 0.29) is 5.69 Å². The second-order valence-electron chi connectivity index (χ2n) is 3.09. The van der Waals surface area contributed by atoms with Crippen LogP contribution in [0.1, 0.15) is 10.5 Å². The van der Waals surface area contributed by atoms with Gasteiger partial charge in [0.15, 0.2) is 5.69 Å². The van der Waals surface area contributed by atoms with E-state index in [0.29, 0.717) is 5.69 Å². The first-order valence-electron chi connectivity index (χ1n) is 4.35. The number of carboxylic acid groups (broad SMARTS) is 1. The van der Waals surface area contributed by atoms with E-state index in [1.54, 1.807) is 36.1 Å². The number of pyridine rings is 1. The van der Waals surface area contributed by atoms with Crippen molar-refractivity contribution in [2.24, 2.45) is 7.05 Å². The van der Waals surface area contributed by atoms with Gasteiger partial charge in [0, 0.05) is 25.0 Å². The van der Waals surface area contributed by atoms with Gasteiger partial charge in [-0.3, -0.25) is 4.98 Å². The minimum Gasteiger partial charge on any atom is -0.476 e. The lowest BCUT2D eigenvalue weighted by molar-refractivity contribution is 0.0692. The van der Waals surface area contributed by atoms with Crippen LogP contribution < -0.4 is 0 Å². The zero-order valence-corrected chi connectivity index (χ0v) is 8.08. The topological polar surface area (TPSA) is 68.0 Å². The fourth-order valence-electron chi connectivity index (χ4n) is 1.44. The van der Waals surface area contributed by atoms with Crippen molar-refractivity contribution in [1.82, 2.24) is 14.5 Å². The molecule has 0 spiro atoms. The average molecular weight is 203 g/mol.